The van der Waals surface area contributed by atoms with E-state index in [9.17, 15) is 0 Å². The molecule has 4 nitrogen and oxygen atoms in total. The molecular weight excluding hydrogens is 246 g/mol. The van der Waals surface area contributed by atoms with Crippen LogP contribution in [0.4, 0.5) is 5.13 Å². The van der Waals surface area contributed by atoms with E-state index in [2.05, 4.69) is 24.1 Å². The third-order valence-corrected chi connectivity index (χ3v) is 4.82. The zero-order chi connectivity index (χ0) is 13.3. The first kappa shape index (κ1) is 13.6. The molecule has 0 aliphatic heterocycles. The summed E-state index contributed by atoms with van der Waals surface area (Å²) >= 11 is 1.69. The lowest BCUT2D eigenvalue weighted by molar-refractivity contribution is 0.394. The second-order valence-electron chi connectivity index (χ2n) is 5.84. The Labute approximate surface area is 113 Å². The van der Waals surface area contributed by atoms with Crippen LogP contribution in [0, 0.1) is 11.3 Å². The number of hydrogen-bond acceptors (Lipinski definition) is 5. The number of rotatable bonds is 6. The highest BCUT2D eigenvalue weighted by Crippen LogP contribution is 2.51. The maximum Gasteiger partial charge on any atom is 0.230 e. The highest BCUT2D eigenvalue weighted by molar-refractivity contribution is 7.15. The van der Waals surface area contributed by atoms with Gasteiger partial charge in [0.15, 0.2) is 5.13 Å². The number of thiazole rings is 1. The van der Waals surface area contributed by atoms with Gasteiger partial charge in [-0.05, 0) is 24.3 Å². The molecule has 1 atom stereocenters. The van der Waals surface area contributed by atoms with Crippen LogP contribution in [0.15, 0.2) is 0 Å². The highest BCUT2D eigenvalue weighted by Gasteiger charge is 2.44. The van der Waals surface area contributed by atoms with Crippen LogP contribution < -0.4 is 15.0 Å². The van der Waals surface area contributed by atoms with E-state index in [0.717, 1.165) is 30.0 Å². The smallest absolute Gasteiger partial charge is 0.230 e. The number of aromatic nitrogens is 1. The Bertz CT molecular complexity index is 414. The van der Waals surface area contributed by atoms with Crippen LogP contribution >= 0.6 is 11.3 Å². The van der Waals surface area contributed by atoms with Gasteiger partial charge in [-0.25, -0.2) is 0 Å². The standard InChI is InChI=1S/C13H23N3OS/c1-13(2)6-9(13)7-14-8-10-11(17-5)15-12(18-10)16(3)4/h9,14H,6-8H2,1-5H3. The summed E-state index contributed by atoms with van der Waals surface area (Å²) in [7, 11) is 5.69. The Kier molecular flexibility index (Phi) is 3.82. The number of hydrogen-bond donors (Lipinski definition) is 1. The number of methoxy groups -OCH3 is 1. The fourth-order valence-corrected chi connectivity index (χ4v) is 2.99. The van der Waals surface area contributed by atoms with Gasteiger partial charge in [0.2, 0.25) is 5.88 Å². The summed E-state index contributed by atoms with van der Waals surface area (Å²) in [6, 6.07) is 0. The third-order valence-electron chi connectivity index (χ3n) is 3.62. The molecule has 1 aliphatic carbocycles. The van der Waals surface area contributed by atoms with Gasteiger partial charge in [0.05, 0.1) is 12.0 Å². The van der Waals surface area contributed by atoms with Crippen LogP contribution in [-0.4, -0.2) is 32.7 Å². The number of nitrogens with zero attached hydrogens (tertiary/aromatic N) is 2. The highest BCUT2D eigenvalue weighted by atomic mass is 32.1. The minimum Gasteiger partial charge on any atom is -0.480 e. The molecule has 0 bridgehead atoms. The van der Waals surface area contributed by atoms with Gasteiger partial charge >= 0.3 is 0 Å². The molecule has 1 aliphatic rings. The van der Waals surface area contributed by atoms with Crippen molar-refractivity contribution in [3.63, 3.8) is 0 Å². The summed E-state index contributed by atoms with van der Waals surface area (Å²) in [5.74, 6) is 1.58. The second kappa shape index (κ2) is 5.05. The molecule has 1 saturated carbocycles. The lowest BCUT2D eigenvalue weighted by Crippen LogP contribution is -2.17. The Hall–Kier alpha value is -0.810. The van der Waals surface area contributed by atoms with Gasteiger partial charge in [0, 0.05) is 20.6 Å². The number of ether oxygens (including phenoxy) is 1. The van der Waals surface area contributed by atoms with Crippen LogP contribution in [0.1, 0.15) is 25.1 Å². The van der Waals surface area contributed by atoms with Crippen LogP contribution in [0.3, 0.4) is 0 Å². The van der Waals surface area contributed by atoms with E-state index in [1.807, 2.05) is 19.0 Å². The van der Waals surface area contributed by atoms with Gasteiger partial charge < -0.3 is 15.0 Å². The largest absolute Gasteiger partial charge is 0.480 e. The Morgan fingerprint density at radius 1 is 1.50 bits per heavy atom. The fourth-order valence-electron chi connectivity index (χ4n) is 2.07. The van der Waals surface area contributed by atoms with Crippen LogP contribution in [-0.2, 0) is 6.54 Å². The van der Waals surface area contributed by atoms with Crippen molar-refractivity contribution in [2.45, 2.75) is 26.8 Å². The van der Waals surface area contributed by atoms with Gasteiger partial charge in [-0.2, -0.15) is 4.98 Å². The molecule has 0 amide bonds. The lowest BCUT2D eigenvalue weighted by Gasteiger charge is -2.06. The van der Waals surface area contributed by atoms with E-state index in [-0.39, 0.29) is 0 Å². The zero-order valence-corrected chi connectivity index (χ0v) is 12.7. The SMILES string of the molecule is COc1nc(N(C)C)sc1CNCC1CC1(C)C. The van der Waals surface area contributed by atoms with Gasteiger partial charge in [-0.3, -0.25) is 0 Å². The topological polar surface area (TPSA) is 37.4 Å². The molecule has 2 rings (SSSR count). The quantitative estimate of drug-likeness (QED) is 0.860. The van der Waals surface area contributed by atoms with Crippen LogP contribution in [0.2, 0.25) is 0 Å². The minimum absolute atomic E-state index is 0.541. The summed E-state index contributed by atoms with van der Waals surface area (Å²) in [4.78, 5) is 7.65. The van der Waals surface area contributed by atoms with Crippen LogP contribution in [0.25, 0.3) is 0 Å². The monoisotopic (exact) mass is 269 g/mol. The second-order valence-corrected chi connectivity index (χ2v) is 6.91. The lowest BCUT2D eigenvalue weighted by atomic mass is 10.1. The van der Waals surface area contributed by atoms with E-state index in [1.54, 1.807) is 18.4 Å². The number of anilines is 1. The van der Waals surface area contributed by atoms with E-state index in [1.165, 1.54) is 11.3 Å². The summed E-state index contributed by atoms with van der Waals surface area (Å²) in [5.41, 5.74) is 0.541. The van der Waals surface area contributed by atoms with Crippen molar-refractivity contribution < 1.29 is 4.74 Å². The van der Waals surface area contributed by atoms with Gasteiger partial charge in [-0.1, -0.05) is 25.2 Å². The average molecular weight is 269 g/mol. The van der Waals surface area contributed by atoms with Crippen molar-refractivity contribution in [1.29, 1.82) is 0 Å². The molecule has 1 unspecified atom stereocenters. The van der Waals surface area contributed by atoms with E-state index in [4.69, 9.17) is 4.74 Å². The summed E-state index contributed by atoms with van der Waals surface area (Å²) < 4.78 is 5.32. The molecule has 0 radical (unpaired) electrons. The zero-order valence-electron chi connectivity index (χ0n) is 11.9. The molecule has 18 heavy (non-hydrogen) atoms. The molecule has 1 fully saturated rings. The molecule has 1 N–H and O–H groups in total. The van der Waals surface area contributed by atoms with E-state index in [0.29, 0.717) is 5.41 Å². The van der Waals surface area contributed by atoms with Crippen molar-refractivity contribution in [3.8, 4) is 5.88 Å². The molecule has 0 spiro atoms. The fraction of sp³-hybridized carbons (Fsp3) is 0.769. The predicted molar refractivity (Wildman–Crippen MR) is 76.6 cm³/mol. The number of nitrogens with one attached hydrogen (secondary N) is 1. The molecule has 0 saturated heterocycles. The maximum absolute atomic E-state index is 5.32. The molecule has 1 heterocycles. The van der Waals surface area contributed by atoms with E-state index >= 15 is 0 Å². The summed E-state index contributed by atoms with van der Waals surface area (Å²) in [6.07, 6.45) is 1.34. The molecule has 1 aromatic heterocycles. The van der Waals surface area contributed by atoms with Crippen LogP contribution in [0.5, 0.6) is 5.88 Å². The molecule has 5 heteroatoms. The summed E-state index contributed by atoms with van der Waals surface area (Å²) in [5, 5.41) is 4.51. The average Bonchev–Trinajstić information content (AvgIpc) is 2.75. The van der Waals surface area contributed by atoms with E-state index < -0.39 is 0 Å². The van der Waals surface area contributed by atoms with Crippen molar-refractivity contribution >= 4 is 16.5 Å². The Morgan fingerprint density at radius 3 is 2.67 bits per heavy atom. The van der Waals surface area contributed by atoms with Crippen molar-refractivity contribution in [2.24, 2.45) is 11.3 Å². The minimum atomic E-state index is 0.541. The first-order valence-corrected chi connectivity index (χ1v) is 7.17. The normalized spacial score (nSPS) is 20.8. The molecular formula is C13H23N3OS. The first-order chi connectivity index (χ1) is 8.44. The van der Waals surface area contributed by atoms with Gasteiger partial charge in [-0.15, -0.1) is 0 Å². The van der Waals surface area contributed by atoms with Gasteiger partial charge in [0.1, 0.15) is 0 Å². The van der Waals surface area contributed by atoms with Crippen molar-refractivity contribution in [1.82, 2.24) is 10.3 Å². The van der Waals surface area contributed by atoms with Crippen molar-refractivity contribution in [3.05, 3.63) is 4.88 Å². The van der Waals surface area contributed by atoms with Gasteiger partial charge in [0.25, 0.3) is 0 Å². The molecule has 1 aromatic rings. The molecule has 0 aromatic carbocycles. The van der Waals surface area contributed by atoms with Crippen molar-refractivity contribution in [2.75, 3.05) is 32.6 Å². The first-order valence-electron chi connectivity index (χ1n) is 6.36. The Balaban J connectivity index is 1.88. The predicted octanol–water partition coefficient (Wildman–Crippen LogP) is 2.35. The summed E-state index contributed by atoms with van der Waals surface area (Å²) in [6.45, 7) is 6.60. The Morgan fingerprint density at radius 2 is 2.17 bits per heavy atom. The molecule has 102 valence electrons. The maximum atomic E-state index is 5.32. The third kappa shape index (κ3) is 2.95.